The largest absolute Gasteiger partial charge is 0.497 e. The van der Waals surface area contributed by atoms with Gasteiger partial charge in [-0.2, -0.15) is 0 Å². The van der Waals surface area contributed by atoms with Crippen molar-refractivity contribution in [2.75, 3.05) is 7.11 Å². The summed E-state index contributed by atoms with van der Waals surface area (Å²) in [6, 6.07) is 41.0. The molecule has 170 valence electrons. The van der Waals surface area contributed by atoms with Crippen LogP contribution in [-0.2, 0) is 0 Å². The number of aromatic nitrogens is 1. The van der Waals surface area contributed by atoms with Gasteiger partial charge in [-0.15, -0.1) is 0 Å². The number of hydrogen-bond acceptors (Lipinski definition) is 2. The maximum atomic E-state index is 5.43. The molecule has 0 bridgehead atoms. The van der Waals surface area contributed by atoms with E-state index in [0.29, 0.717) is 0 Å². The molecule has 0 saturated heterocycles. The van der Waals surface area contributed by atoms with Crippen LogP contribution in [-0.4, -0.2) is 12.1 Å². The van der Waals surface area contributed by atoms with Crippen molar-refractivity contribution in [3.05, 3.63) is 121 Å². The van der Waals surface area contributed by atoms with E-state index in [9.17, 15) is 0 Å². The standard InChI is InChI=1S/C34H23NO/c1-36-27-17-16-23-18-25(15-14-24(23)19-27)33-28-10-4-6-12-30(28)34(31-13-7-5-11-29(31)33)32-20-22-8-2-3-9-26(22)21-35-32/h2-21H,1H3. The number of nitrogens with zero attached hydrogens (tertiary/aromatic N) is 1. The molecular formula is C34H23NO. The number of fused-ring (bicyclic) bond motifs is 4. The van der Waals surface area contributed by atoms with Crippen LogP contribution in [0.4, 0.5) is 0 Å². The zero-order valence-electron chi connectivity index (χ0n) is 19.9. The van der Waals surface area contributed by atoms with Crippen LogP contribution in [0.15, 0.2) is 121 Å². The summed E-state index contributed by atoms with van der Waals surface area (Å²) in [6.45, 7) is 0. The SMILES string of the molecule is COc1ccc2cc(-c3c4ccccc4c(-c4cc5ccccc5cn4)c4ccccc34)ccc2c1. The van der Waals surface area contributed by atoms with E-state index in [-0.39, 0.29) is 0 Å². The van der Waals surface area contributed by atoms with E-state index in [1.807, 2.05) is 12.3 Å². The van der Waals surface area contributed by atoms with Gasteiger partial charge in [-0.05, 0) is 73.1 Å². The average molecular weight is 462 g/mol. The molecule has 2 nitrogen and oxygen atoms in total. The summed E-state index contributed by atoms with van der Waals surface area (Å²) in [6.07, 6.45) is 1.99. The highest BCUT2D eigenvalue weighted by molar-refractivity contribution is 6.21. The molecule has 36 heavy (non-hydrogen) atoms. The van der Waals surface area contributed by atoms with E-state index >= 15 is 0 Å². The minimum Gasteiger partial charge on any atom is -0.497 e. The Morgan fingerprint density at radius 2 is 1.06 bits per heavy atom. The second-order valence-corrected chi connectivity index (χ2v) is 9.19. The van der Waals surface area contributed by atoms with Gasteiger partial charge in [0.15, 0.2) is 0 Å². The lowest BCUT2D eigenvalue weighted by Crippen LogP contribution is -1.92. The van der Waals surface area contributed by atoms with Crippen molar-refractivity contribution in [1.82, 2.24) is 4.98 Å². The summed E-state index contributed by atoms with van der Waals surface area (Å²) in [5.41, 5.74) is 4.64. The molecular weight excluding hydrogens is 438 g/mol. The van der Waals surface area contributed by atoms with Crippen molar-refractivity contribution < 1.29 is 4.74 Å². The number of methoxy groups -OCH3 is 1. The topological polar surface area (TPSA) is 22.1 Å². The van der Waals surface area contributed by atoms with E-state index in [0.717, 1.165) is 16.8 Å². The number of hydrogen-bond donors (Lipinski definition) is 0. The fraction of sp³-hybridized carbons (Fsp3) is 0.0294. The second-order valence-electron chi connectivity index (χ2n) is 9.19. The number of rotatable bonds is 3. The van der Waals surface area contributed by atoms with Gasteiger partial charge in [-0.3, -0.25) is 4.98 Å². The van der Waals surface area contributed by atoms with Crippen LogP contribution in [0, 0.1) is 0 Å². The molecule has 0 N–H and O–H groups in total. The predicted molar refractivity (Wildman–Crippen MR) is 152 cm³/mol. The molecule has 0 saturated carbocycles. The molecule has 7 aromatic rings. The van der Waals surface area contributed by atoms with Crippen LogP contribution in [0.2, 0.25) is 0 Å². The molecule has 0 amide bonds. The van der Waals surface area contributed by atoms with Crippen LogP contribution < -0.4 is 4.74 Å². The van der Waals surface area contributed by atoms with Gasteiger partial charge < -0.3 is 4.74 Å². The quantitative estimate of drug-likeness (QED) is 0.245. The van der Waals surface area contributed by atoms with Crippen LogP contribution in [0.25, 0.3) is 65.5 Å². The van der Waals surface area contributed by atoms with Crippen molar-refractivity contribution >= 4 is 43.1 Å². The maximum Gasteiger partial charge on any atom is 0.119 e. The summed E-state index contributed by atoms with van der Waals surface area (Å²) in [5, 5.41) is 9.60. The number of ether oxygens (including phenoxy) is 1. The van der Waals surface area contributed by atoms with Gasteiger partial charge in [0.05, 0.1) is 12.8 Å². The van der Waals surface area contributed by atoms with Gasteiger partial charge in [0.2, 0.25) is 0 Å². The zero-order chi connectivity index (χ0) is 24.1. The molecule has 0 atom stereocenters. The van der Waals surface area contributed by atoms with Crippen molar-refractivity contribution in [1.29, 1.82) is 0 Å². The first kappa shape index (κ1) is 20.7. The normalized spacial score (nSPS) is 11.5. The van der Waals surface area contributed by atoms with Gasteiger partial charge in [0.25, 0.3) is 0 Å². The molecule has 0 aliphatic heterocycles. The van der Waals surface area contributed by atoms with Gasteiger partial charge in [-0.1, -0.05) is 91.0 Å². The first-order valence-corrected chi connectivity index (χ1v) is 12.2. The first-order valence-electron chi connectivity index (χ1n) is 12.2. The van der Waals surface area contributed by atoms with Gasteiger partial charge in [0, 0.05) is 17.1 Å². The third-order valence-corrected chi connectivity index (χ3v) is 7.15. The maximum absolute atomic E-state index is 5.43. The molecule has 2 heteroatoms. The van der Waals surface area contributed by atoms with Gasteiger partial charge in [0.1, 0.15) is 5.75 Å². The lowest BCUT2D eigenvalue weighted by Gasteiger charge is -2.18. The minimum atomic E-state index is 0.874. The van der Waals surface area contributed by atoms with Crippen LogP contribution in [0.3, 0.4) is 0 Å². The Kier molecular flexibility index (Phi) is 4.71. The van der Waals surface area contributed by atoms with E-state index in [2.05, 4.69) is 109 Å². The van der Waals surface area contributed by atoms with Gasteiger partial charge in [-0.25, -0.2) is 0 Å². The summed E-state index contributed by atoms with van der Waals surface area (Å²) < 4.78 is 5.43. The fourth-order valence-electron chi connectivity index (χ4n) is 5.44. The zero-order valence-corrected chi connectivity index (χ0v) is 19.9. The first-order chi connectivity index (χ1) is 17.8. The third kappa shape index (κ3) is 3.23. The Labute approximate surface area is 209 Å². The monoisotopic (exact) mass is 461 g/mol. The molecule has 1 aromatic heterocycles. The summed E-state index contributed by atoms with van der Waals surface area (Å²) in [4.78, 5) is 4.93. The highest BCUT2D eigenvalue weighted by atomic mass is 16.5. The third-order valence-electron chi connectivity index (χ3n) is 7.15. The molecule has 0 fully saturated rings. The van der Waals surface area contributed by atoms with E-state index in [4.69, 9.17) is 9.72 Å². The summed E-state index contributed by atoms with van der Waals surface area (Å²) in [7, 11) is 1.71. The molecule has 1 heterocycles. The van der Waals surface area contributed by atoms with E-state index < -0.39 is 0 Å². The number of benzene rings is 6. The van der Waals surface area contributed by atoms with Gasteiger partial charge >= 0.3 is 0 Å². The summed E-state index contributed by atoms with van der Waals surface area (Å²) in [5.74, 6) is 0.874. The Hall–Kier alpha value is -4.69. The molecule has 0 aliphatic rings. The minimum absolute atomic E-state index is 0.874. The van der Waals surface area contributed by atoms with Crippen LogP contribution >= 0.6 is 0 Å². The predicted octanol–water partition coefficient (Wildman–Crippen LogP) is 9.04. The van der Waals surface area contributed by atoms with Crippen LogP contribution in [0.1, 0.15) is 0 Å². The Balaban J connectivity index is 1.56. The van der Waals surface area contributed by atoms with Crippen molar-refractivity contribution in [2.45, 2.75) is 0 Å². The highest BCUT2D eigenvalue weighted by Gasteiger charge is 2.17. The van der Waals surface area contributed by atoms with Crippen LogP contribution in [0.5, 0.6) is 5.75 Å². The summed E-state index contributed by atoms with van der Waals surface area (Å²) >= 11 is 0. The molecule has 7 rings (SSSR count). The van der Waals surface area contributed by atoms with E-state index in [1.165, 1.54) is 54.4 Å². The molecule has 0 unspecified atom stereocenters. The highest BCUT2D eigenvalue weighted by Crippen LogP contribution is 2.44. The Morgan fingerprint density at radius 3 is 1.75 bits per heavy atom. The molecule has 0 radical (unpaired) electrons. The van der Waals surface area contributed by atoms with E-state index in [1.54, 1.807) is 7.11 Å². The average Bonchev–Trinajstić information content (AvgIpc) is 2.95. The fourth-order valence-corrected chi connectivity index (χ4v) is 5.44. The lowest BCUT2D eigenvalue weighted by atomic mass is 9.86. The smallest absolute Gasteiger partial charge is 0.119 e. The lowest BCUT2D eigenvalue weighted by molar-refractivity contribution is 0.415. The number of pyridine rings is 1. The Bertz CT molecular complexity index is 1880. The van der Waals surface area contributed by atoms with Crippen molar-refractivity contribution in [3.8, 4) is 28.1 Å². The van der Waals surface area contributed by atoms with Crippen molar-refractivity contribution in [2.24, 2.45) is 0 Å². The second kappa shape index (κ2) is 8.21. The molecule has 6 aromatic carbocycles. The molecule has 0 spiro atoms. The van der Waals surface area contributed by atoms with Crippen molar-refractivity contribution in [3.63, 3.8) is 0 Å². The molecule has 0 aliphatic carbocycles. The Morgan fingerprint density at radius 1 is 0.500 bits per heavy atom.